The highest BCUT2D eigenvalue weighted by Gasteiger charge is 2.56. The normalized spacial score (nSPS) is 24.5. The van der Waals surface area contributed by atoms with Crippen LogP contribution in [-0.2, 0) is 14.4 Å². The van der Waals surface area contributed by atoms with Gasteiger partial charge in [0, 0.05) is 17.2 Å². The minimum Gasteiger partial charge on any atom is -0.294 e. The molecule has 0 saturated carbocycles. The number of hydroxylamine groups is 1. The lowest BCUT2D eigenvalue weighted by molar-refractivity contribution is -0.384. The first-order valence-electron chi connectivity index (χ1n) is 7.76. The average Bonchev–Trinajstić information content (AvgIpc) is 3.14. The number of nitrogens with zero attached hydrogens (tertiary/aromatic N) is 2. The Labute approximate surface area is 152 Å². The van der Waals surface area contributed by atoms with Gasteiger partial charge in [-0.25, -0.2) is 5.06 Å². The second-order valence-corrected chi connectivity index (χ2v) is 6.44. The highest BCUT2D eigenvalue weighted by Crippen LogP contribution is 2.44. The van der Waals surface area contributed by atoms with E-state index < -0.39 is 34.8 Å². The number of nitro groups is 1. The molecular weight excluding hydrogens is 362 g/mol. The lowest BCUT2D eigenvalue weighted by Crippen LogP contribution is -2.33. The molecule has 2 fully saturated rings. The van der Waals surface area contributed by atoms with Gasteiger partial charge in [-0.05, 0) is 29.8 Å². The predicted molar refractivity (Wildman–Crippen MR) is 91.3 cm³/mol. The third-order valence-corrected chi connectivity index (χ3v) is 4.73. The van der Waals surface area contributed by atoms with Crippen LogP contribution < -0.4 is 10.4 Å². The van der Waals surface area contributed by atoms with Crippen LogP contribution in [0.1, 0.15) is 11.6 Å². The minimum atomic E-state index is -0.946. The van der Waals surface area contributed by atoms with Crippen molar-refractivity contribution in [1.82, 2.24) is 5.32 Å². The van der Waals surface area contributed by atoms with Crippen molar-refractivity contribution < 1.29 is 19.3 Å². The molecule has 9 heteroatoms. The van der Waals surface area contributed by atoms with E-state index in [0.29, 0.717) is 16.3 Å². The number of non-ortho nitro benzene ring substituents is 1. The number of carbonyl (C=O) groups excluding carboxylic acids is 2. The van der Waals surface area contributed by atoms with Crippen molar-refractivity contribution in [3.63, 3.8) is 0 Å². The van der Waals surface area contributed by atoms with E-state index in [1.54, 1.807) is 36.4 Å². The van der Waals surface area contributed by atoms with Crippen LogP contribution in [0.3, 0.4) is 0 Å². The molecule has 0 aliphatic carbocycles. The van der Waals surface area contributed by atoms with Gasteiger partial charge in [0.05, 0.1) is 16.7 Å². The standard InChI is InChI=1S/C17H12ClN3O5/c18-10-3-7-11(8-4-10)20-14(9-1-5-12(6-2-9)21(24)25)13-15(26-20)17(23)19-16(13)22/h1-8,13-15H,(H,19,22,23)/t13-,14-,15-/m1/s1. The first-order chi connectivity index (χ1) is 12.5. The summed E-state index contributed by atoms with van der Waals surface area (Å²) in [7, 11) is 0. The van der Waals surface area contributed by atoms with Crippen molar-refractivity contribution >= 4 is 34.8 Å². The average molecular weight is 374 g/mol. The quantitative estimate of drug-likeness (QED) is 0.503. The van der Waals surface area contributed by atoms with Gasteiger partial charge in [0.15, 0.2) is 6.10 Å². The molecule has 8 nitrogen and oxygen atoms in total. The Kier molecular flexibility index (Phi) is 3.86. The lowest BCUT2D eigenvalue weighted by atomic mass is 9.90. The second-order valence-electron chi connectivity index (χ2n) is 6.00. The molecule has 2 aromatic carbocycles. The molecule has 0 spiro atoms. The van der Waals surface area contributed by atoms with Gasteiger partial charge in [0.1, 0.15) is 5.92 Å². The molecule has 2 saturated heterocycles. The summed E-state index contributed by atoms with van der Waals surface area (Å²) in [6.45, 7) is 0. The number of rotatable bonds is 3. The van der Waals surface area contributed by atoms with E-state index in [1.165, 1.54) is 17.2 Å². The zero-order chi connectivity index (χ0) is 18.4. The van der Waals surface area contributed by atoms with Crippen LogP contribution in [0, 0.1) is 16.0 Å². The Balaban J connectivity index is 1.77. The van der Waals surface area contributed by atoms with Gasteiger partial charge in [-0.1, -0.05) is 23.7 Å². The van der Waals surface area contributed by atoms with E-state index in [9.17, 15) is 19.7 Å². The molecule has 2 aliphatic heterocycles. The van der Waals surface area contributed by atoms with E-state index in [2.05, 4.69) is 5.32 Å². The first kappa shape index (κ1) is 16.5. The summed E-state index contributed by atoms with van der Waals surface area (Å²) in [5, 5.41) is 15.2. The largest absolute Gasteiger partial charge is 0.294 e. The maximum absolute atomic E-state index is 12.3. The number of hydrogen-bond acceptors (Lipinski definition) is 6. The fourth-order valence-electron chi connectivity index (χ4n) is 3.28. The van der Waals surface area contributed by atoms with Crippen molar-refractivity contribution in [2.75, 3.05) is 5.06 Å². The van der Waals surface area contributed by atoms with Gasteiger partial charge < -0.3 is 0 Å². The maximum atomic E-state index is 12.3. The van der Waals surface area contributed by atoms with Crippen LogP contribution in [0.2, 0.25) is 5.02 Å². The summed E-state index contributed by atoms with van der Waals surface area (Å²) in [6.07, 6.45) is -0.946. The highest BCUT2D eigenvalue weighted by molar-refractivity contribution is 6.30. The number of nitrogens with one attached hydrogen (secondary N) is 1. The van der Waals surface area contributed by atoms with Crippen molar-refractivity contribution in [2.24, 2.45) is 5.92 Å². The summed E-state index contributed by atoms with van der Waals surface area (Å²) in [5.41, 5.74) is 1.19. The topological polar surface area (TPSA) is 102 Å². The SMILES string of the molecule is O=C1NC(=O)[C@@H]2ON(c3ccc(Cl)cc3)[C@H](c3ccc([N+](=O)[O-])cc3)[C@@H]12. The Morgan fingerprint density at radius 1 is 1.04 bits per heavy atom. The molecule has 2 aromatic rings. The number of carbonyl (C=O) groups is 2. The number of amides is 2. The van der Waals surface area contributed by atoms with Crippen molar-refractivity contribution in [1.29, 1.82) is 0 Å². The molecule has 0 radical (unpaired) electrons. The zero-order valence-electron chi connectivity index (χ0n) is 13.2. The number of hydrogen-bond donors (Lipinski definition) is 1. The smallest absolute Gasteiger partial charge is 0.269 e. The summed E-state index contributed by atoms with van der Waals surface area (Å²) >= 11 is 5.92. The lowest BCUT2D eigenvalue weighted by Gasteiger charge is -2.27. The number of imide groups is 1. The van der Waals surface area contributed by atoms with Crippen LogP contribution in [0.5, 0.6) is 0 Å². The Morgan fingerprint density at radius 2 is 1.69 bits per heavy atom. The van der Waals surface area contributed by atoms with E-state index in [1.807, 2.05) is 0 Å². The molecule has 1 N–H and O–H groups in total. The number of benzene rings is 2. The van der Waals surface area contributed by atoms with Crippen molar-refractivity contribution in [3.05, 3.63) is 69.2 Å². The molecule has 0 unspecified atom stereocenters. The molecule has 3 atom stereocenters. The van der Waals surface area contributed by atoms with Crippen LogP contribution in [0.15, 0.2) is 48.5 Å². The molecule has 132 valence electrons. The molecule has 0 aromatic heterocycles. The van der Waals surface area contributed by atoms with Crippen LogP contribution in [0.4, 0.5) is 11.4 Å². The number of anilines is 1. The second kappa shape index (κ2) is 6.08. The zero-order valence-corrected chi connectivity index (χ0v) is 13.9. The van der Waals surface area contributed by atoms with Crippen LogP contribution in [-0.4, -0.2) is 22.8 Å². The Morgan fingerprint density at radius 3 is 2.31 bits per heavy atom. The molecule has 26 heavy (non-hydrogen) atoms. The fraction of sp³-hybridized carbons (Fsp3) is 0.176. The highest BCUT2D eigenvalue weighted by atomic mass is 35.5. The Bertz CT molecular complexity index is 900. The maximum Gasteiger partial charge on any atom is 0.269 e. The monoisotopic (exact) mass is 373 g/mol. The van der Waals surface area contributed by atoms with Gasteiger partial charge >= 0.3 is 0 Å². The van der Waals surface area contributed by atoms with Gasteiger partial charge in [0.25, 0.3) is 11.6 Å². The van der Waals surface area contributed by atoms with Gasteiger partial charge in [-0.2, -0.15) is 0 Å². The summed E-state index contributed by atoms with van der Waals surface area (Å²) in [4.78, 5) is 40.5. The van der Waals surface area contributed by atoms with E-state index in [4.69, 9.17) is 16.4 Å². The van der Waals surface area contributed by atoms with E-state index in [-0.39, 0.29) is 5.69 Å². The van der Waals surface area contributed by atoms with Gasteiger partial charge in [-0.3, -0.25) is 29.9 Å². The van der Waals surface area contributed by atoms with Crippen molar-refractivity contribution in [3.8, 4) is 0 Å². The fourth-order valence-corrected chi connectivity index (χ4v) is 3.40. The van der Waals surface area contributed by atoms with Gasteiger partial charge in [0.2, 0.25) is 5.91 Å². The molecule has 4 rings (SSSR count). The van der Waals surface area contributed by atoms with Crippen LogP contribution >= 0.6 is 11.6 Å². The summed E-state index contributed by atoms with van der Waals surface area (Å²) in [6, 6.07) is 12.0. The third kappa shape index (κ3) is 2.59. The van der Waals surface area contributed by atoms with Gasteiger partial charge in [-0.15, -0.1) is 0 Å². The minimum absolute atomic E-state index is 0.0609. The number of nitro benzene ring substituents is 1. The molecular formula is C17H12ClN3O5. The predicted octanol–water partition coefficient (Wildman–Crippen LogP) is 2.38. The van der Waals surface area contributed by atoms with Crippen molar-refractivity contribution in [2.45, 2.75) is 12.1 Å². The number of fused-ring (bicyclic) bond motifs is 1. The molecule has 2 amide bonds. The molecule has 0 bridgehead atoms. The summed E-state index contributed by atoms with van der Waals surface area (Å²) in [5.74, 6) is -1.68. The van der Waals surface area contributed by atoms with Crippen LogP contribution in [0.25, 0.3) is 0 Å². The first-order valence-corrected chi connectivity index (χ1v) is 8.14. The van der Waals surface area contributed by atoms with E-state index in [0.717, 1.165) is 0 Å². The summed E-state index contributed by atoms with van der Waals surface area (Å²) < 4.78 is 0. The third-order valence-electron chi connectivity index (χ3n) is 4.48. The molecule has 2 aliphatic rings. The van der Waals surface area contributed by atoms with E-state index >= 15 is 0 Å². The Hall–Kier alpha value is -2.97. The molecule has 2 heterocycles. The number of halogens is 1.